The molecule has 2 unspecified atom stereocenters. The molecule has 0 amide bonds. The molecule has 0 aromatic heterocycles. The van der Waals surface area contributed by atoms with Gasteiger partial charge in [-0.25, -0.2) is 0 Å². The third kappa shape index (κ3) is 2.31. The number of benzene rings is 1. The smallest absolute Gasteiger partial charge is 0.270 e. The molecular weight excluding hydrogens is 359 g/mol. The van der Waals surface area contributed by atoms with Crippen LogP contribution in [0.5, 0.6) is 0 Å². The van der Waals surface area contributed by atoms with Crippen LogP contribution in [0.15, 0.2) is 18.2 Å². The maximum Gasteiger partial charge on any atom is 0.270 e. The van der Waals surface area contributed by atoms with Gasteiger partial charge in [0.2, 0.25) is 0 Å². The molecule has 2 aliphatic heterocycles. The van der Waals surface area contributed by atoms with Crippen molar-refractivity contribution in [2.24, 2.45) is 0 Å². The number of aliphatic hydroxyl groups is 1. The minimum Gasteiger partial charge on any atom is -0.393 e. The number of piperidine rings is 1. The number of nitro groups is 1. The van der Waals surface area contributed by atoms with Crippen LogP contribution < -0.4 is 4.90 Å². The van der Waals surface area contributed by atoms with Gasteiger partial charge in [0.1, 0.15) is 0 Å². The lowest BCUT2D eigenvalue weighted by Gasteiger charge is -2.39. The summed E-state index contributed by atoms with van der Waals surface area (Å²) in [6.45, 7) is 0. The zero-order valence-corrected chi connectivity index (χ0v) is 12.5. The SMILES string of the molecule is O=[N+]([O-])c1ccc(N2C3CCC2CC(O)C3)c(I)c1. The second-order valence-corrected chi connectivity index (χ2v) is 6.47. The van der Waals surface area contributed by atoms with E-state index in [9.17, 15) is 15.2 Å². The largest absolute Gasteiger partial charge is 0.393 e. The minimum atomic E-state index is -0.361. The summed E-state index contributed by atoms with van der Waals surface area (Å²) >= 11 is 2.17. The average Bonchev–Trinajstić information content (AvgIpc) is 2.62. The Kier molecular flexibility index (Phi) is 3.38. The molecular formula is C13H15IN2O3. The first-order valence-corrected chi connectivity index (χ1v) is 7.54. The Morgan fingerprint density at radius 2 is 1.95 bits per heavy atom. The predicted molar refractivity (Wildman–Crippen MR) is 80.3 cm³/mol. The van der Waals surface area contributed by atoms with E-state index in [1.807, 2.05) is 6.07 Å². The van der Waals surface area contributed by atoms with Crippen molar-refractivity contribution >= 4 is 34.0 Å². The number of nitro benzene ring substituents is 1. The van der Waals surface area contributed by atoms with Crippen LogP contribution in [0.1, 0.15) is 25.7 Å². The van der Waals surface area contributed by atoms with Crippen LogP contribution in [0.2, 0.25) is 0 Å². The molecule has 3 rings (SSSR count). The summed E-state index contributed by atoms with van der Waals surface area (Å²) < 4.78 is 0.917. The molecule has 2 heterocycles. The number of hydrogen-bond donors (Lipinski definition) is 1. The maximum absolute atomic E-state index is 10.8. The Balaban J connectivity index is 1.93. The average molecular weight is 374 g/mol. The normalized spacial score (nSPS) is 29.6. The Hall–Kier alpha value is -0.890. The standard InChI is InChI=1S/C13H15IN2O3/c14-12-7-10(16(18)19)3-4-13(12)15-8-1-2-9(15)6-11(17)5-8/h3-4,7-9,11,17H,1-2,5-6H2. The molecule has 0 spiro atoms. The number of hydrogen-bond acceptors (Lipinski definition) is 4. The maximum atomic E-state index is 10.8. The van der Waals surface area contributed by atoms with E-state index in [-0.39, 0.29) is 16.7 Å². The summed E-state index contributed by atoms with van der Waals surface area (Å²) in [6.07, 6.45) is 3.64. The molecule has 0 radical (unpaired) electrons. The highest BCUT2D eigenvalue weighted by atomic mass is 127. The van der Waals surface area contributed by atoms with Gasteiger partial charge in [0.15, 0.2) is 0 Å². The van der Waals surface area contributed by atoms with Gasteiger partial charge in [0.05, 0.1) is 16.7 Å². The molecule has 1 aromatic rings. The highest BCUT2D eigenvalue weighted by molar-refractivity contribution is 14.1. The molecule has 2 aliphatic rings. The second-order valence-electron chi connectivity index (χ2n) is 5.31. The van der Waals surface area contributed by atoms with E-state index in [1.165, 1.54) is 0 Å². The van der Waals surface area contributed by atoms with Crippen molar-refractivity contribution in [3.8, 4) is 0 Å². The molecule has 2 atom stereocenters. The monoisotopic (exact) mass is 374 g/mol. The molecule has 19 heavy (non-hydrogen) atoms. The summed E-state index contributed by atoms with van der Waals surface area (Å²) in [7, 11) is 0. The lowest BCUT2D eigenvalue weighted by atomic mass is 9.99. The fraction of sp³-hybridized carbons (Fsp3) is 0.538. The summed E-state index contributed by atoms with van der Waals surface area (Å²) in [5, 5.41) is 20.6. The number of halogens is 1. The van der Waals surface area contributed by atoms with Crippen LogP contribution in [0.3, 0.4) is 0 Å². The number of fused-ring (bicyclic) bond motifs is 2. The first kappa shape index (κ1) is 13.1. The van der Waals surface area contributed by atoms with Gasteiger partial charge in [-0.2, -0.15) is 0 Å². The van der Waals surface area contributed by atoms with Crippen molar-refractivity contribution in [3.63, 3.8) is 0 Å². The lowest BCUT2D eigenvalue weighted by Crippen LogP contribution is -2.45. The van der Waals surface area contributed by atoms with E-state index >= 15 is 0 Å². The molecule has 1 aromatic carbocycles. The molecule has 6 heteroatoms. The van der Waals surface area contributed by atoms with E-state index in [0.717, 1.165) is 34.9 Å². The zero-order valence-electron chi connectivity index (χ0n) is 10.3. The highest BCUT2D eigenvalue weighted by Gasteiger charge is 2.40. The van der Waals surface area contributed by atoms with Gasteiger partial charge in [-0.15, -0.1) is 0 Å². The Morgan fingerprint density at radius 3 is 2.47 bits per heavy atom. The van der Waals surface area contributed by atoms with E-state index in [2.05, 4.69) is 27.5 Å². The predicted octanol–water partition coefficient (Wildman–Crippen LogP) is 2.69. The number of anilines is 1. The van der Waals surface area contributed by atoms with Gasteiger partial charge >= 0.3 is 0 Å². The van der Waals surface area contributed by atoms with Crippen molar-refractivity contribution in [2.75, 3.05) is 4.90 Å². The molecule has 0 aliphatic carbocycles. The van der Waals surface area contributed by atoms with Crippen molar-refractivity contribution in [3.05, 3.63) is 31.9 Å². The van der Waals surface area contributed by atoms with Crippen LogP contribution in [0.25, 0.3) is 0 Å². The van der Waals surface area contributed by atoms with E-state index < -0.39 is 0 Å². The van der Waals surface area contributed by atoms with Gasteiger partial charge in [-0.3, -0.25) is 10.1 Å². The van der Waals surface area contributed by atoms with Crippen LogP contribution >= 0.6 is 22.6 Å². The molecule has 2 fully saturated rings. The molecule has 5 nitrogen and oxygen atoms in total. The lowest BCUT2D eigenvalue weighted by molar-refractivity contribution is -0.384. The van der Waals surface area contributed by atoms with E-state index in [1.54, 1.807) is 12.1 Å². The Bertz CT molecular complexity index is 509. The Morgan fingerprint density at radius 1 is 1.32 bits per heavy atom. The molecule has 2 bridgehead atoms. The minimum absolute atomic E-state index is 0.137. The molecule has 1 N–H and O–H groups in total. The summed E-state index contributed by atoms with van der Waals surface area (Å²) in [5.41, 5.74) is 1.21. The van der Waals surface area contributed by atoms with Crippen molar-refractivity contribution < 1.29 is 10.0 Å². The highest BCUT2D eigenvalue weighted by Crippen LogP contribution is 2.41. The summed E-state index contributed by atoms with van der Waals surface area (Å²) in [5.74, 6) is 0. The van der Waals surface area contributed by atoms with Gasteiger partial charge in [0.25, 0.3) is 5.69 Å². The first-order valence-electron chi connectivity index (χ1n) is 6.46. The van der Waals surface area contributed by atoms with Gasteiger partial charge in [0, 0.05) is 27.8 Å². The zero-order chi connectivity index (χ0) is 13.6. The van der Waals surface area contributed by atoms with Crippen LogP contribution in [-0.2, 0) is 0 Å². The van der Waals surface area contributed by atoms with E-state index in [0.29, 0.717) is 12.1 Å². The molecule has 102 valence electrons. The van der Waals surface area contributed by atoms with Crippen LogP contribution in [-0.4, -0.2) is 28.2 Å². The number of non-ortho nitro benzene ring substituents is 1. The van der Waals surface area contributed by atoms with E-state index in [4.69, 9.17) is 0 Å². The summed E-state index contributed by atoms with van der Waals surface area (Å²) in [6, 6.07) is 5.80. The van der Waals surface area contributed by atoms with Crippen molar-refractivity contribution in [1.29, 1.82) is 0 Å². The molecule has 0 saturated carbocycles. The third-order valence-electron chi connectivity index (χ3n) is 4.13. The number of aliphatic hydroxyl groups excluding tert-OH is 1. The van der Waals surface area contributed by atoms with Gasteiger partial charge < -0.3 is 10.0 Å². The van der Waals surface area contributed by atoms with Crippen LogP contribution in [0.4, 0.5) is 11.4 Å². The number of nitrogens with zero attached hydrogens (tertiary/aromatic N) is 2. The fourth-order valence-corrected chi connectivity index (χ4v) is 4.14. The first-order chi connectivity index (χ1) is 9.06. The number of rotatable bonds is 2. The fourth-order valence-electron chi connectivity index (χ4n) is 3.36. The van der Waals surface area contributed by atoms with Gasteiger partial charge in [-0.1, -0.05) is 0 Å². The van der Waals surface area contributed by atoms with Crippen LogP contribution in [0, 0.1) is 13.7 Å². The third-order valence-corrected chi connectivity index (χ3v) is 4.99. The second kappa shape index (κ2) is 4.90. The topological polar surface area (TPSA) is 66.6 Å². The Labute approximate surface area is 124 Å². The quantitative estimate of drug-likeness (QED) is 0.491. The summed E-state index contributed by atoms with van der Waals surface area (Å²) in [4.78, 5) is 12.8. The van der Waals surface area contributed by atoms with Crippen molar-refractivity contribution in [1.82, 2.24) is 0 Å². The van der Waals surface area contributed by atoms with Crippen molar-refractivity contribution in [2.45, 2.75) is 43.9 Å². The molecule has 2 saturated heterocycles. The van der Waals surface area contributed by atoms with Gasteiger partial charge in [-0.05, 0) is 54.3 Å².